The van der Waals surface area contributed by atoms with Crippen LogP contribution < -0.4 is 10.5 Å². The molecule has 0 radical (unpaired) electrons. The van der Waals surface area contributed by atoms with Gasteiger partial charge in [-0.1, -0.05) is 0 Å². The predicted octanol–water partition coefficient (Wildman–Crippen LogP) is 1.83. The number of hydrogen-bond acceptors (Lipinski definition) is 4. The van der Waals surface area contributed by atoms with E-state index in [2.05, 4.69) is 0 Å². The first-order valence-corrected chi connectivity index (χ1v) is 5.19. The Morgan fingerprint density at radius 2 is 1.88 bits per heavy atom. The van der Waals surface area contributed by atoms with Gasteiger partial charge in [-0.2, -0.15) is 0 Å². The lowest BCUT2D eigenvalue weighted by molar-refractivity contribution is -0.145. The number of carbonyl (C=O) groups is 1. The van der Waals surface area contributed by atoms with E-state index in [9.17, 15) is 4.79 Å². The van der Waals surface area contributed by atoms with Crippen molar-refractivity contribution in [1.29, 1.82) is 0 Å². The molecule has 0 unspecified atom stereocenters. The van der Waals surface area contributed by atoms with Crippen molar-refractivity contribution in [2.75, 3.05) is 18.9 Å². The van der Waals surface area contributed by atoms with Crippen LogP contribution in [0.25, 0.3) is 0 Å². The van der Waals surface area contributed by atoms with Crippen LogP contribution in [0, 0.1) is 13.8 Å². The summed E-state index contributed by atoms with van der Waals surface area (Å²) in [4.78, 5) is 11.1. The quantitative estimate of drug-likeness (QED) is 0.624. The lowest BCUT2D eigenvalue weighted by atomic mass is 10.1. The molecule has 0 aliphatic heterocycles. The highest BCUT2D eigenvalue weighted by Crippen LogP contribution is 2.25. The first-order valence-electron chi connectivity index (χ1n) is 5.19. The third-order valence-corrected chi connectivity index (χ3v) is 2.12. The smallest absolute Gasteiger partial charge is 0.344 e. The second kappa shape index (κ2) is 5.39. The minimum absolute atomic E-state index is 0.0700. The van der Waals surface area contributed by atoms with Crippen LogP contribution in [0.4, 0.5) is 5.69 Å². The summed E-state index contributed by atoms with van der Waals surface area (Å²) >= 11 is 0. The van der Waals surface area contributed by atoms with Crippen molar-refractivity contribution < 1.29 is 14.3 Å². The minimum atomic E-state index is -0.363. The minimum Gasteiger partial charge on any atom is -0.481 e. The van der Waals surface area contributed by atoms with Crippen molar-refractivity contribution in [1.82, 2.24) is 0 Å². The van der Waals surface area contributed by atoms with Crippen LogP contribution in [0.15, 0.2) is 12.1 Å². The molecule has 0 spiro atoms. The predicted molar refractivity (Wildman–Crippen MR) is 62.5 cm³/mol. The van der Waals surface area contributed by atoms with E-state index in [0.717, 1.165) is 11.1 Å². The van der Waals surface area contributed by atoms with Crippen LogP contribution in [-0.2, 0) is 9.53 Å². The molecular weight excluding hydrogens is 206 g/mol. The summed E-state index contributed by atoms with van der Waals surface area (Å²) in [5.74, 6) is 0.334. The first-order chi connectivity index (χ1) is 7.54. The molecule has 0 saturated heterocycles. The zero-order chi connectivity index (χ0) is 12.1. The Balaban J connectivity index is 2.70. The monoisotopic (exact) mass is 223 g/mol. The largest absolute Gasteiger partial charge is 0.481 e. The Kier molecular flexibility index (Phi) is 4.17. The molecule has 0 saturated carbocycles. The van der Waals surface area contributed by atoms with Crippen molar-refractivity contribution in [3.63, 3.8) is 0 Å². The Bertz CT molecular complexity index is 365. The molecule has 0 atom stereocenters. The molecule has 16 heavy (non-hydrogen) atoms. The molecule has 4 heteroatoms. The summed E-state index contributed by atoms with van der Waals surface area (Å²) in [6.45, 7) is 5.84. The fourth-order valence-corrected chi connectivity index (χ4v) is 1.55. The fraction of sp³-hybridized carbons (Fsp3) is 0.417. The number of hydrogen-bond donors (Lipinski definition) is 1. The van der Waals surface area contributed by atoms with Gasteiger partial charge in [-0.3, -0.25) is 0 Å². The second-order valence-corrected chi connectivity index (χ2v) is 3.58. The summed E-state index contributed by atoms with van der Waals surface area (Å²) in [5.41, 5.74) is 8.21. The van der Waals surface area contributed by atoms with Crippen molar-refractivity contribution >= 4 is 11.7 Å². The SMILES string of the molecule is CCOC(=O)COc1c(C)cc(N)cc1C. The average molecular weight is 223 g/mol. The number of carbonyl (C=O) groups excluding carboxylic acids is 1. The Hall–Kier alpha value is -1.71. The van der Waals surface area contributed by atoms with Gasteiger partial charge in [0.05, 0.1) is 6.61 Å². The molecule has 0 fully saturated rings. The molecule has 0 aliphatic rings. The summed E-state index contributed by atoms with van der Waals surface area (Å²) < 4.78 is 10.2. The lowest BCUT2D eigenvalue weighted by Gasteiger charge is -2.12. The van der Waals surface area contributed by atoms with E-state index in [1.165, 1.54) is 0 Å². The van der Waals surface area contributed by atoms with Crippen LogP contribution in [0.1, 0.15) is 18.1 Å². The number of aryl methyl sites for hydroxylation is 2. The Morgan fingerprint density at radius 1 is 1.31 bits per heavy atom. The average Bonchev–Trinajstić information content (AvgIpc) is 2.16. The van der Waals surface area contributed by atoms with E-state index in [0.29, 0.717) is 18.0 Å². The third-order valence-electron chi connectivity index (χ3n) is 2.12. The molecule has 1 aromatic rings. The van der Waals surface area contributed by atoms with Gasteiger partial charge in [0, 0.05) is 5.69 Å². The van der Waals surface area contributed by atoms with E-state index in [1.54, 1.807) is 6.92 Å². The standard InChI is InChI=1S/C12H17NO3/c1-4-15-11(14)7-16-12-8(2)5-10(13)6-9(12)3/h5-6H,4,7,13H2,1-3H3. The van der Waals surface area contributed by atoms with Crippen LogP contribution in [0.3, 0.4) is 0 Å². The van der Waals surface area contributed by atoms with Crippen molar-refractivity contribution in [2.45, 2.75) is 20.8 Å². The highest BCUT2D eigenvalue weighted by molar-refractivity contribution is 5.71. The molecule has 0 bridgehead atoms. The van der Waals surface area contributed by atoms with Gasteiger partial charge < -0.3 is 15.2 Å². The van der Waals surface area contributed by atoms with Crippen LogP contribution in [0.2, 0.25) is 0 Å². The highest BCUT2D eigenvalue weighted by Gasteiger charge is 2.08. The van der Waals surface area contributed by atoms with Gasteiger partial charge in [0.1, 0.15) is 5.75 Å². The second-order valence-electron chi connectivity index (χ2n) is 3.58. The van der Waals surface area contributed by atoms with Gasteiger partial charge in [0.2, 0.25) is 0 Å². The first kappa shape index (κ1) is 12.4. The summed E-state index contributed by atoms with van der Waals surface area (Å²) in [7, 11) is 0. The highest BCUT2D eigenvalue weighted by atomic mass is 16.6. The van der Waals surface area contributed by atoms with E-state index >= 15 is 0 Å². The third kappa shape index (κ3) is 3.15. The maximum atomic E-state index is 11.1. The normalized spacial score (nSPS) is 9.94. The fourth-order valence-electron chi connectivity index (χ4n) is 1.55. The van der Waals surface area contributed by atoms with Gasteiger partial charge in [-0.15, -0.1) is 0 Å². The van der Waals surface area contributed by atoms with E-state index in [4.69, 9.17) is 15.2 Å². The van der Waals surface area contributed by atoms with Crippen molar-refractivity contribution in [3.05, 3.63) is 23.3 Å². The lowest BCUT2D eigenvalue weighted by Crippen LogP contribution is -2.15. The summed E-state index contributed by atoms with van der Waals surface area (Å²) in [5, 5.41) is 0. The van der Waals surface area contributed by atoms with Gasteiger partial charge in [0.15, 0.2) is 6.61 Å². The van der Waals surface area contributed by atoms with Crippen molar-refractivity contribution in [2.24, 2.45) is 0 Å². The number of esters is 1. The molecule has 0 amide bonds. The van der Waals surface area contributed by atoms with Gasteiger partial charge >= 0.3 is 5.97 Å². The van der Waals surface area contributed by atoms with E-state index in [1.807, 2.05) is 26.0 Å². The maximum Gasteiger partial charge on any atom is 0.344 e. The molecule has 1 rings (SSSR count). The maximum absolute atomic E-state index is 11.1. The summed E-state index contributed by atoms with van der Waals surface area (Å²) in [6, 6.07) is 3.63. The molecule has 1 aromatic carbocycles. The van der Waals surface area contributed by atoms with Gasteiger partial charge in [-0.25, -0.2) is 4.79 Å². The van der Waals surface area contributed by atoms with E-state index < -0.39 is 0 Å². The van der Waals surface area contributed by atoms with Crippen LogP contribution >= 0.6 is 0 Å². The molecule has 88 valence electrons. The van der Waals surface area contributed by atoms with Gasteiger partial charge in [0.25, 0.3) is 0 Å². The Morgan fingerprint density at radius 3 is 2.38 bits per heavy atom. The number of rotatable bonds is 4. The molecule has 0 aromatic heterocycles. The number of nitrogen functional groups attached to an aromatic ring is 1. The van der Waals surface area contributed by atoms with Crippen LogP contribution in [0.5, 0.6) is 5.75 Å². The Labute approximate surface area is 95.3 Å². The number of ether oxygens (including phenoxy) is 2. The topological polar surface area (TPSA) is 61.5 Å². The number of anilines is 1. The number of benzene rings is 1. The molecule has 0 heterocycles. The molecule has 2 N–H and O–H groups in total. The van der Waals surface area contributed by atoms with Crippen molar-refractivity contribution in [3.8, 4) is 5.75 Å². The van der Waals surface area contributed by atoms with E-state index in [-0.39, 0.29) is 12.6 Å². The van der Waals surface area contributed by atoms with Gasteiger partial charge in [-0.05, 0) is 44.0 Å². The number of nitrogens with two attached hydrogens (primary N) is 1. The molecule has 0 aliphatic carbocycles. The molecule has 4 nitrogen and oxygen atoms in total. The zero-order valence-electron chi connectivity index (χ0n) is 9.87. The zero-order valence-corrected chi connectivity index (χ0v) is 9.87. The molecular formula is C12H17NO3. The van der Waals surface area contributed by atoms with Crippen LogP contribution in [-0.4, -0.2) is 19.2 Å². The summed E-state index contributed by atoms with van der Waals surface area (Å²) in [6.07, 6.45) is 0.